The van der Waals surface area contributed by atoms with Gasteiger partial charge in [0, 0.05) is 35.2 Å². The molecule has 0 bridgehead atoms. The molecule has 5 nitrogen and oxygen atoms in total. The lowest BCUT2D eigenvalue weighted by atomic mass is 10.0. The number of nitrogens with zero attached hydrogens (tertiary/aromatic N) is 3. The quantitative estimate of drug-likeness (QED) is 0.343. The van der Waals surface area contributed by atoms with E-state index in [1.165, 1.54) is 12.1 Å². The first kappa shape index (κ1) is 20.8. The van der Waals surface area contributed by atoms with Gasteiger partial charge in [0.25, 0.3) is 0 Å². The number of benzene rings is 1. The van der Waals surface area contributed by atoms with Gasteiger partial charge in [-0.1, -0.05) is 12.1 Å². The second kappa shape index (κ2) is 8.80. The molecule has 2 atom stereocenters. The van der Waals surface area contributed by atoms with E-state index in [0.717, 1.165) is 22.6 Å². The molecule has 1 saturated heterocycles. The number of aromatic nitrogens is 2. The first-order valence-corrected chi connectivity index (χ1v) is 11.2. The van der Waals surface area contributed by atoms with E-state index in [1.54, 1.807) is 18.5 Å². The average Bonchev–Trinajstić information content (AvgIpc) is 3.40. The Hall–Kier alpha value is -3.10. The smallest absolute Gasteiger partial charge is 0.170 e. The van der Waals surface area contributed by atoms with Crippen LogP contribution in [-0.2, 0) is 6.54 Å². The van der Waals surface area contributed by atoms with Gasteiger partial charge in [-0.3, -0.25) is 9.97 Å². The molecule has 4 heterocycles. The van der Waals surface area contributed by atoms with Crippen molar-refractivity contribution in [3.63, 3.8) is 0 Å². The topological polar surface area (TPSA) is 54.2 Å². The van der Waals surface area contributed by atoms with Gasteiger partial charge in [-0.25, -0.2) is 4.39 Å². The molecule has 1 N–H and O–H groups in total. The van der Waals surface area contributed by atoms with E-state index in [1.807, 2.05) is 48.7 Å². The SMILES string of the molecule is Fc1ccc(-c2ccc([C@@H]3[C@@H](c4ccccn4)NC(=S)N3Cc3cccnc3)o2)c(Br)c1. The van der Waals surface area contributed by atoms with Gasteiger partial charge in [0.05, 0.1) is 11.7 Å². The van der Waals surface area contributed by atoms with Gasteiger partial charge < -0.3 is 14.6 Å². The molecule has 4 aromatic rings. The minimum absolute atomic E-state index is 0.184. The molecule has 0 aliphatic carbocycles. The summed E-state index contributed by atoms with van der Waals surface area (Å²) in [5, 5.41) is 4.03. The van der Waals surface area contributed by atoms with E-state index in [4.69, 9.17) is 16.6 Å². The Kier molecular flexibility index (Phi) is 5.71. The molecule has 5 rings (SSSR count). The van der Waals surface area contributed by atoms with Crippen molar-refractivity contribution in [1.29, 1.82) is 0 Å². The average molecular weight is 509 g/mol. The Morgan fingerprint density at radius 1 is 1.09 bits per heavy atom. The molecular weight excluding hydrogens is 491 g/mol. The van der Waals surface area contributed by atoms with Crippen LogP contribution >= 0.6 is 28.1 Å². The summed E-state index contributed by atoms with van der Waals surface area (Å²) in [5.41, 5.74) is 2.69. The highest BCUT2D eigenvalue weighted by Crippen LogP contribution is 2.41. The zero-order valence-electron chi connectivity index (χ0n) is 16.8. The number of thiocarbonyl (C=S) groups is 1. The highest BCUT2D eigenvalue weighted by Gasteiger charge is 2.41. The fourth-order valence-corrected chi connectivity index (χ4v) is 4.77. The molecule has 1 aliphatic rings. The summed E-state index contributed by atoms with van der Waals surface area (Å²) in [7, 11) is 0. The zero-order valence-corrected chi connectivity index (χ0v) is 19.2. The number of pyridine rings is 2. The number of halogens is 2. The van der Waals surface area contributed by atoms with Gasteiger partial charge in [-0.15, -0.1) is 0 Å². The molecule has 0 amide bonds. The molecular formula is C24H18BrFN4OS. The van der Waals surface area contributed by atoms with Gasteiger partial charge >= 0.3 is 0 Å². The largest absolute Gasteiger partial charge is 0.459 e. The maximum atomic E-state index is 13.6. The Bertz CT molecular complexity index is 1250. The normalized spacial score (nSPS) is 18.1. The highest BCUT2D eigenvalue weighted by molar-refractivity contribution is 9.10. The second-order valence-electron chi connectivity index (χ2n) is 7.44. The highest BCUT2D eigenvalue weighted by atomic mass is 79.9. The maximum Gasteiger partial charge on any atom is 0.170 e. The Balaban J connectivity index is 1.55. The lowest BCUT2D eigenvalue weighted by Crippen LogP contribution is -2.29. The minimum atomic E-state index is -0.310. The van der Waals surface area contributed by atoms with Crippen molar-refractivity contribution in [3.8, 4) is 11.3 Å². The van der Waals surface area contributed by atoms with Gasteiger partial charge in [-0.2, -0.15) is 0 Å². The third-order valence-corrected chi connectivity index (χ3v) is 6.40. The number of furan rings is 1. The predicted molar refractivity (Wildman–Crippen MR) is 127 cm³/mol. The first-order chi connectivity index (χ1) is 15.6. The second-order valence-corrected chi connectivity index (χ2v) is 8.68. The van der Waals surface area contributed by atoms with Crippen LogP contribution in [0.25, 0.3) is 11.3 Å². The van der Waals surface area contributed by atoms with Crippen molar-refractivity contribution in [2.75, 3.05) is 0 Å². The summed E-state index contributed by atoms with van der Waals surface area (Å²) in [5.74, 6) is 1.07. The number of hydrogen-bond acceptors (Lipinski definition) is 4. The Morgan fingerprint density at radius 3 is 2.75 bits per heavy atom. The molecule has 3 aromatic heterocycles. The van der Waals surface area contributed by atoms with Crippen LogP contribution in [0.1, 0.15) is 29.1 Å². The van der Waals surface area contributed by atoms with Crippen LogP contribution in [0.4, 0.5) is 4.39 Å². The van der Waals surface area contributed by atoms with Crippen LogP contribution in [0.15, 0.2) is 88.1 Å². The molecule has 1 aromatic carbocycles. The maximum absolute atomic E-state index is 13.6. The third-order valence-electron chi connectivity index (χ3n) is 5.39. The van der Waals surface area contributed by atoms with Crippen LogP contribution < -0.4 is 5.32 Å². The summed E-state index contributed by atoms with van der Waals surface area (Å²) in [6.45, 7) is 0.573. The molecule has 0 saturated carbocycles. The Morgan fingerprint density at radius 2 is 2.00 bits per heavy atom. The van der Waals surface area contributed by atoms with E-state index in [2.05, 4.69) is 36.1 Å². The van der Waals surface area contributed by atoms with Crippen molar-refractivity contribution in [1.82, 2.24) is 20.2 Å². The monoisotopic (exact) mass is 508 g/mol. The fourth-order valence-electron chi connectivity index (χ4n) is 3.92. The van der Waals surface area contributed by atoms with Crippen LogP contribution in [0.3, 0.4) is 0 Å². The first-order valence-electron chi connectivity index (χ1n) is 10.0. The molecule has 160 valence electrons. The van der Waals surface area contributed by atoms with E-state index < -0.39 is 0 Å². The van der Waals surface area contributed by atoms with Crippen LogP contribution in [-0.4, -0.2) is 20.0 Å². The number of hydrogen-bond donors (Lipinski definition) is 1. The van der Waals surface area contributed by atoms with Gasteiger partial charge in [0.15, 0.2) is 5.11 Å². The fraction of sp³-hybridized carbons (Fsp3) is 0.125. The molecule has 8 heteroatoms. The van der Waals surface area contributed by atoms with Crippen molar-refractivity contribution >= 4 is 33.3 Å². The molecule has 1 fully saturated rings. The van der Waals surface area contributed by atoms with Crippen molar-refractivity contribution < 1.29 is 8.81 Å². The number of nitrogens with one attached hydrogen (secondary N) is 1. The van der Waals surface area contributed by atoms with E-state index in [-0.39, 0.29) is 17.9 Å². The summed E-state index contributed by atoms with van der Waals surface area (Å²) in [6, 6.07) is 17.7. The molecule has 1 aliphatic heterocycles. The summed E-state index contributed by atoms with van der Waals surface area (Å²) in [6.07, 6.45) is 5.35. The minimum Gasteiger partial charge on any atom is -0.459 e. The number of rotatable bonds is 5. The van der Waals surface area contributed by atoms with E-state index in [0.29, 0.717) is 21.9 Å². The molecule has 32 heavy (non-hydrogen) atoms. The zero-order chi connectivity index (χ0) is 22.1. The van der Waals surface area contributed by atoms with Crippen LogP contribution in [0.5, 0.6) is 0 Å². The van der Waals surface area contributed by atoms with Gasteiger partial charge in [-0.05, 0) is 82.2 Å². The third kappa shape index (κ3) is 4.03. The summed E-state index contributed by atoms with van der Waals surface area (Å²) in [4.78, 5) is 10.9. The van der Waals surface area contributed by atoms with Crippen molar-refractivity contribution in [3.05, 3.63) is 107 Å². The van der Waals surface area contributed by atoms with Crippen LogP contribution in [0, 0.1) is 5.82 Å². The predicted octanol–water partition coefficient (Wildman–Crippen LogP) is 5.81. The van der Waals surface area contributed by atoms with E-state index >= 15 is 0 Å². The molecule has 0 unspecified atom stereocenters. The lowest BCUT2D eigenvalue weighted by molar-refractivity contribution is 0.269. The van der Waals surface area contributed by atoms with Crippen LogP contribution in [0.2, 0.25) is 0 Å². The lowest BCUT2D eigenvalue weighted by Gasteiger charge is -2.26. The summed E-state index contributed by atoms with van der Waals surface area (Å²) >= 11 is 9.14. The molecule has 0 spiro atoms. The standard InChI is InChI=1S/C24H18BrFN4OS/c25-18-12-16(26)6-7-17(18)20-8-9-21(31-20)23-22(19-5-1-2-11-28-19)29-24(32)30(23)14-15-4-3-10-27-13-15/h1-13,22-23H,14H2,(H,29,32)/t22-,23-/m1/s1. The van der Waals surface area contributed by atoms with E-state index in [9.17, 15) is 4.39 Å². The molecule has 0 radical (unpaired) electrons. The summed E-state index contributed by atoms with van der Waals surface area (Å²) < 4.78 is 20.5. The Labute approximate surface area is 198 Å². The van der Waals surface area contributed by atoms with Crippen molar-refractivity contribution in [2.24, 2.45) is 0 Å². The van der Waals surface area contributed by atoms with Gasteiger partial charge in [0.2, 0.25) is 0 Å². The van der Waals surface area contributed by atoms with Crippen molar-refractivity contribution in [2.45, 2.75) is 18.6 Å². The van der Waals surface area contributed by atoms with Gasteiger partial charge in [0.1, 0.15) is 23.4 Å².